The standard InChI is InChI=1S/C5H9IO3/c1-3(6)5(2,9)4(7)8/h3,9H,1-2H3,(H,7,8)/t3-,5-/m1/s1. The van der Waals surface area contributed by atoms with Crippen molar-refractivity contribution in [2.24, 2.45) is 0 Å². The first-order valence-corrected chi connectivity index (χ1v) is 3.73. The van der Waals surface area contributed by atoms with Gasteiger partial charge in [-0.3, -0.25) is 0 Å². The number of hydrogen-bond donors (Lipinski definition) is 2. The highest BCUT2D eigenvalue weighted by Gasteiger charge is 2.34. The van der Waals surface area contributed by atoms with E-state index >= 15 is 0 Å². The Bertz CT molecular complexity index is 119. The maximum atomic E-state index is 10.2. The lowest BCUT2D eigenvalue weighted by Crippen LogP contribution is -2.41. The van der Waals surface area contributed by atoms with Gasteiger partial charge >= 0.3 is 5.97 Å². The van der Waals surface area contributed by atoms with Crippen LogP contribution in [0.2, 0.25) is 0 Å². The summed E-state index contributed by atoms with van der Waals surface area (Å²) in [4.78, 5) is 10.2. The molecule has 2 atom stereocenters. The maximum absolute atomic E-state index is 10.2. The van der Waals surface area contributed by atoms with E-state index in [-0.39, 0.29) is 3.92 Å². The second-order valence-electron chi connectivity index (χ2n) is 2.07. The van der Waals surface area contributed by atoms with Crippen molar-refractivity contribution in [2.45, 2.75) is 23.4 Å². The zero-order valence-electron chi connectivity index (χ0n) is 5.26. The van der Waals surface area contributed by atoms with Gasteiger partial charge in [-0.05, 0) is 6.92 Å². The molecule has 0 aromatic rings. The van der Waals surface area contributed by atoms with Gasteiger partial charge in [-0.1, -0.05) is 29.5 Å². The number of aliphatic hydroxyl groups is 1. The lowest BCUT2D eigenvalue weighted by molar-refractivity contribution is -0.155. The molecule has 3 nitrogen and oxygen atoms in total. The number of carboxylic acids is 1. The summed E-state index contributed by atoms with van der Waals surface area (Å²) in [5, 5.41) is 17.4. The molecule has 0 aliphatic rings. The first kappa shape index (κ1) is 9.16. The van der Waals surface area contributed by atoms with Crippen molar-refractivity contribution in [2.75, 3.05) is 0 Å². The average Bonchev–Trinajstić information content (AvgIpc) is 1.65. The maximum Gasteiger partial charge on any atom is 0.336 e. The number of rotatable bonds is 2. The topological polar surface area (TPSA) is 57.5 Å². The van der Waals surface area contributed by atoms with E-state index in [1.807, 2.05) is 22.6 Å². The minimum atomic E-state index is -1.60. The van der Waals surface area contributed by atoms with Gasteiger partial charge in [-0.2, -0.15) is 0 Å². The van der Waals surface area contributed by atoms with E-state index in [4.69, 9.17) is 10.2 Å². The van der Waals surface area contributed by atoms with E-state index in [9.17, 15) is 4.79 Å². The first-order chi connectivity index (χ1) is 3.89. The van der Waals surface area contributed by atoms with Crippen molar-refractivity contribution in [3.8, 4) is 0 Å². The summed E-state index contributed by atoms with van der Waals surface area (Å²) >= 11 is 1.87. The van der Waals surface area contributed by atoms with Crippen molar-refractivity contribution >= 4 is 28.6 Å². The lowest BCUT2D eigenvalue weighted by Gasteiger charge is -2.20. The van der Waals surface area contributed by atoms with Crippen molar-refractivity contribution in [3.05, 3.63) is 0 Å². The molecule has 0 saturated carbocycles. The predicted molar refractivity (Wildman–Crippen MR) is 41.7 cm³/mol. The molecule has 9 heavy (non-hydrogen) atoms. The second-order valence-corrected chi connectivity index (χ2v) is 3.94. The van der Waals surface area contributed by atoms with Gasteiger partial charge in [0.2, 0.25) is 0 Å². The predicted octanol–water partition coefficient (Wildman–Crippen LogP) is 0.645. The summed E-state index contributed by atoms with van der Waals surface area (Å²) < 4.78 is -0.285. The fraction of sp³-hybridized carbons (Fsp3) is 0.800. The monoisotopic (exact) mass is 244 g/mol. The number of carboxylic acid groups (broad SMARTS) is 1. The fourth-order valence-electron chi connectivity index (χ4n) is 0.170. The Labute approximate surface area is 67.2 Å². The molecule has 0 aliphatic carbocycles. The van der Waals surface area contributed by atoms with Gasteiger partial charge in [0, 0.05) is 3.92 Å². The van der Waals surface area contributed by atoms with Crippen LogP contribution in [0.25, 0.3) is 0 Å². The molecule has 0 amide bonds. The molecule has 4 heteroatoms. The van der Waals surface area contributed by atoms with Crippen LogP contribution < -0.4 is 0 Å². The van der Waals surface area contributed by atoms with Gasteiger partial charge in [0.25, 0.3) is 0 Å². The first-order valence-electron chi connectivity index (χ1n) is 2.49. The van der Waals surface area contributed by atoms with Crippen LogP contribution in [0.4, 0.5) is 0 Å². The zero-order valence-corrected chi connectivity index (χ0v) is 7.42. The lowest BCUT2D eigenvalue weighted by atomic mass is 10.1. The molecule has 0 aromatic heterocycles. The molecule has 0 fully saturated rings. The van der Waals surface area contributed by atoms with Crippen molar-refractivity contribution in [1.29, 1.82) is 0 Å². The minimum absolute atomic E-state index is 0.285. The van der Waals surface area contributed by atoms with Crippen LogP contribution in [0.5, 0.6) is 0 Å². The quantitative estimate of drug-likeness (QED) is 0.553. The molecule has 0 rings (SSSR count). The molecule has 0 bridgehead atoms. The van der Waals surface area contributed by atoms with Gasteiger partial charge in [0.1, 0.15) is 0 Å². The Balaban J connectivity index is 4.19. The second kappa shape index (κ2) is 2.83. The van der Waals surface area contributed by atoms with Crippen LogP contribution >= 0.6 is 22.6 Å². The van der Waals surface area contributed by atoms with Crippen LogP contribution in [0.3, 0.4) is 0 Å². The van der Waals surface area contributed by atoms with Gasteiger partial charge in [0.15, 0.2) is 5.60 Å². The summed E-state index contributed by atoms with van der Waals surface area (Å²) in [5.74, 6) is -1.18. The molecule has 0 spiro atoms. The normalized spacial score (nSPS) is 20.4. The number of carbonyl (C=O) groups is 1. The SMILES string of the molecule is C[C@@H](I)[C@@](C)(O)C(=O)O. The minimum Gasteiger partial charge on any atom is -0.479 e. The van der Waals surface area contributed by atoms with E-state index in [2.05, 4.69) is 0 Å². The van der Waals surface area contributed by atoms with Crippen LogP contribution in [0.15, 0.2) is 0 Å². The molecule has 0 heterocycles. The third-order valence-corrected chi connectivity index (χ3v) is 2.42. The Hall–Kier alpha value is 0.160. The number of alkyl halides is 1. The van der Waals surface area contributed by atoms with Crippen molar-refractivity contribution < 1.29 is 15.0 Å². The van der Waals surface area contributed by atoms with Crippen molar-refractivity contribution in [1.82, 2.24) is 0 Å². The van der Waals surface area contributed by atoms with E-state index in [0.717, 1.165) is 0 Å². The van der Waals surface area contributed by atoms with Gasteiger partial charge < -0.3 is 10.2 Å². The molecule has 54 valence electrons. The van der Waals surface area contributed by atoms with Crippen LogP contribution in [0, 0.1) is 0 Å². The van der Waals surface area contributed by atoms with E-state index in [1.54, 1.807) is 6.92 Å². The third-order valence-electron chi connectivity index (χ3n) is 1.21. The fourth-order valence-corrected chi connectivity index (χ4v) is 0.437. The van der Waals surface area contributed by atoms with Gasteiger partial charge in [0.05, 0.1) is 0 Å². The molecular formula is C5H9IO3. The van der Waals surface area contributed by atoms with Crippen LogP contribution in [-0.4, -0.2) is 25.7 Å². The summed E-state index contributed by atoms with van der Waals surface area (Å²) in [5.41, 5.74) is -1.60. The van der Waals surface area contributed by atoms with E-state index < -0.39 is 11.6 Å². The highest BCUT2D eigenvalue weighted by Crippen LogP contribution is 2.17. The number of aliphatic carboxylic acids is 1. The average molecular weight is 244 g/mol. The molecule has 0 saturated heterocycles. The largest absolute Gasteiger partial charge is 0.479 e. The Morgan fingerprint density at radius 2 is 2.11 bits per heavy atom. The molecule has 0 aromatic carbocycles. The third kappa shape index (κ3) is 2.09. The molecule has 0 unspecified atom stereocenters. The Kier molecular flexibility index (Phi) is 2.88. The van der Waals surface area contributed by atoms with Gasteiger partial charge in [-0.15, -0.1) is 0 Å². The smallest absolute Gasteiger partial charge is 0.336 e. The van der Waals surface area contributed by atoms with Crippen molar-refractivity contribution in [3.63, 3.8) is 0 Å². The van der Waals surface area contributed by atoms with E-state index in [0.29, 0.717) is 0 Å². The summed E-state index contributed by atoms with van der Waals surface area (Å²) in [6.45, 7) is 2.93. The van der Waals surface area contributed by atoms with Crippen LogP contribution in [-0.2, 0) is 4.79 Å². The van der Waals surface area contributed by atoms with Gasteiger partial charge in [-0.25, -0.2) is 4.79 Å². The summed E-state index contributed by atoms with van der Waals surface area (Å²) in [7, 11) is 0. The molecular weight excluding hydrogens is 235 g/mol. The molecule has 0 aliphatic heterocycles. The van der Waals surface area contributed by atoms with Crippen LogP contribution in [0.1, 0.15) is 13.8 Å². The number of halogens is 1. The zero-order chi connectivity index (χ0) is 7.65. The Morgan fingerprint density at radius 1 is 1.78 bits per heavy atom. The Morgan fingerprint density at radius 3 is 2.11 bits per heavy atom. The summed E-state index contributed by atoms with van der Waals surface area (Å²) in [6.07, 6.45) is 0. The summed E-state index contributed by atoms with van der Waals surface area (Å²) in [6, 6.07) is 0. The molecule has 2 N–H and O–H groups in total. The highest BCUT2D eigenvalue weighted by molar-refractivity contribution is 14.1. The molecule has 0 radical (unpaired) electrons. The number of hydrogen-bond acceptors (Lipinski definition) is 2. The van der Waals surface area contributed by atoms with E-state index in [1.165, 1.54) is 6.92 Å². The highest BCUT2D eigenvalue weighted by atomic mass is 127.